The van der Waals surface area contributed by atoms with Gasteiger partial charge in [-0.15, -0.1) is 11.8 Å². The molecule has 2 aromatic carbocycles. The summed E-state index contributed by atoms with van der Waals surface area (Å²) in [6.45, 7) is -0.204. The van der Waals surface area contributed by atoms with Gasteiger partial charge in [-0.2, -0.15) is 13.2 Å². The molecule has 0 unspecified atom stereocenters. The lowest BCUT2D eigenvalue weighted by Crippen LogP contribution is -2.29. The molecule has 2 amide bonds. The molecule has 0 bridgehead atoms. The number of anilines is 1. The number of hydrogen-bond acceptors (Lipinski definition) is 2. The zero-order valence-corrected chi connectivity index (χ0v) is 13.1. The predicted octanol–water partition coefficient (Wildman–Crippen LogP) is 4.75. The minimum absolute atomic E-state index is 0.0212. The SMILES string of the molecule is CSc1ccc(NC(=O)NCc2ccccc2C(F)(F)F)cc1. The molecule has 0 saturated heterocycles. The van der Waals surface area contributed by atoms with Gasteiger partial charge in [-0.3, -0.25) is 0 Å². The Hall–Kier alpha value is -2.15. The summed E-state index contributed by atoms with van der Waals surface area (Å²) in [5.74, 6) is 0. The highest BCUT2D eigenvalue weighted by Crippen LogP contribution is 2.31. The summed E-state index contributed by atoms with van der Waals surface area (Å²) in [6, 6.07) is 11.8. The Labute approximate surface area is 136 Å². The summed E-state index contributed by atoms with van der Waals surface area (Å²) >= 11 is 1.57. The van der Waals surface area contributed by atoms with Crippen molar-refractivity contribution in [1.82, 2.24) is 5.32 Å². The van der Waals surface area contributed by atoms with E-state index in [0.29, 0.717) is 5.69 Å². The Kier molecular flexibility index (Phi) is 5.54. The van der Waals surface area contributed by atoms with E-state index >= 15 is 0 Å². The van der Waals surface area contributed by atoms with Gasteiger partial charge < -0.3 is 10.6 Å². The molecule has 0 atom stereocenters. The molecule has 0 aromatic heterocycles. The first-order chi connectivity index (χ1) is 10.9. The van der Waals surface area contributed by atoms with E-state index in [2.05, 4.69) is 10.6 Å². The molecule has 0 fully saturated rings. The lowest BCUT2D eigenvalue weighted by molar-refractivity contribution is -0.138. The van der Waals surface area contributed by atoms with Crippen LogP contribution in [0.25, 0.3) is 0 Å². The van der Waals surface area contributed by atoms with E-state index in [0.717, 1.165) is 11.0 Å². The molecular formula is C16H15F3N2OS. The van der Waals surface area contributed by atoms with Crippen molar-refractivity contribution in [2.24, 2.45) is 0 Å². The van der Waals surface area contributed by atoms with Crippen LogP contribution in [-0.4, -0.2) is 12.3 Å². The normalized spacial score (nSPS) is 11.1. The Morgan fingerprint density at radius 1 is 1.09 bits per heavy atom. The highest BCUT2D eigenvalue weighted by Gasteiger charge is 2.32. The second-order valence-electron chi connectivity index (χ2n) is 4.69. The van der Waals surface area contributed by atoms with E-state index in [9.17, 15) is 18.0 Å². The molecule has 2 N–H and O–H groups in total. The molecule has 23 heavy (non-hydrogen) atoms. The molecular weight excluding hydrogens is 325 g/mol. The Bertz CT molecular complexity index is 672. The van der Waals surface area contributed by atoms with Crippen molar-refractivity contribution >= 4 is 23.5 Å². The minimum atomic E-state index is -4.44. The summed E-state index contributed by atoms with van der Waals surface area (Å²) in [6.07, 6.45) is -2.50. The summed E-state index contributed by atoms with van der Waals surface area (Å²) in [7, 11) is 0. The molecule has 0 aliphatic carbocycles. The van der Waals surface area contributed by atoms with Crippen LogP contribution < -0.4 is 10.6 Å². The summed E-state index contributed by atoms with van der Waals surface area (Å²) in [4.78, 5) is 12.8. The van der Waals surface area contributed by atoms with Crippen LogP contribution in [0.15, 0.2) is 53.4 Å². The van der Waals surface area contributed by atoms with Gasteiger partial charge in [0.15, 0.2) is 0 Å². The van der Waals surface area contributed by atoms with Gasteiger partial charge in [0.05, 0.1) is 5.56 Å². The third kappa shape index (κ3) is 4.92. The monoisotopic (exact) mass is 340 g/mol. The molecule has 0 aliphatic heterocycles. The fraction of sp³-hybridized carbons (Fsp3) is 0.188. The largest absolute Gasteiger partial charge is 0.416 e. The Morgan fingerprint density at radius 2 is 1.74 bits per heavy atom. The third-order valence-electron chi connectivity index (χ3n) is 3.11. The second kappa shape index (κ2) is 7.41. The maximum Gasteiger partial charge on any atom is 0.416 e. The average Bonchev–Trinajstić information content (AvgIpc) is 2.53. The zero-order valence-electron chi connectivity index (χ0n) is 12.3. The molecule has 0 radical (unpaired) electrons. The first-order valence-electron chi connectivity index (χ1n) is 6.74. The number of thioether (sulfide) groups is 1. The third-order valence-corrected chi connectivity index (χ3v) is 3.85. The first kappa shape index (κ1) is 17.2. The number of hydrogen-bond donors (Lipinski definition) is 2. The number of benzene rings is 2. The maximum absolute atomic E-state index is 12.9. The van der Waals surface area contributed by atoms with Crippen LogP contribution in [0.4, 0.5) is 23.7 Å². The minimum Gasteiger partial charge on any atom is -0.334 e. The smallest absolute Gasteiger partial charge is 0.334 e. The van der Waals surface area contributed by atoms with Crippen LogP contribution in [0.1, 0.15) is 11.1 Å². The quantitative estimate of drug-likeness (QED) is 0.789. The van der Waals surface area contributed by atoms with Crippen LogP contribution in [0.2, 0.25) is 0 Å². The average molecular weight is 340 g/mol. The van der Waals surface area contributed by atoms with Gasteiger partial charge in [0.2, 0.25) is 0 Å². The molecule has 0 spiro atoms. The van der Waals surface area contributed by atoms with E-state index in [1.54, 1.807) is 23.9 Å². The zero-order chi connectivity index (χ0) is 16.9. The van der Waals surface area contributed by atoms with Gasteiger partial charge in [0.25, 0.3) is 0 Å². The van der Waals surface area contributed by atoms with Gasteiger partial charge in [0, 0.05) is 17.1 Å². The Morgan fingerprint density at radius 3 is 2.35 bits per heavy atom. The predicted molar refractivity (Wildman–Crippen MR) is 85.5 cm³/mol. The van der Waals surface area contributed by atoms with Crippen molar-refractivity contribution in [2.75, 3.05) is 11.6 Å². The Balaban J connectivity index is 1.97. The van der Waals surface area contributed by atoms with E-state index in [1.807, 2.05) is 18.4 Å². The van der Waals surface area contributed by atoms with Gasteiger partial charge >= 0.3 is 12.2 Å². The lowest BCUT2D eigenvalue weighted by atomic mass is 10.1. The van der Waals surface area contributed by atoms with Crippen molar-refractivity contribution in [3.63, 3.8) is 0 Å². The molecule has 7 heteroatoms. The number of rotatable bonds is 4. The van der Waals surface area contributed by atoms with Crippen molar-refractivity contribution < 1.29 is 18.0 Å². The molecule has 2 rings (SSSR count). The molecule has 122 valence electrons. The summed E-state index contributed by atoms with van der Waals surface area (Å²) < 4.78 is 38.6. The number of amides is 2. The van der Waals surface area contributed by atoms with Crippen molar-refractivity contribution in [3.05, 3.63) is 59.7 Å². The lowest BCUT2D eigenvalue weighted by Gasteiger charge is -2.13. The number of urea groups is 1. The molecule has 3 nitrogen and oxygen atoms in total. The van der Waals surface area contributed by atoms with Crippen LogP contribution in [0.5, 0.6) is 0 Å². The highest BCUT2D eigenvalue weighted by atomic mass is 32.2. The molecule has 2 aromatic rings. The number of carbonyl (C=O) groups is 1. The highest BCUT2D eigenvalue weighted by molar-refractivity contribution is 7.98. The molecule has 0 saturated carbocycles. The fourth-order valence-corrected chi connectivity index (χ4v) is 2.38. The molecule has 0 heterocycles. The number of carbonyl (C=O) groups excluding carboxylic acids is 1. The topological polar surface area (TPSA) is 41.1 Å². The van der Waals surface area contributed by atoms with Crippen LogP contribution in [0.3, 0.4) is 0 Å². The summed E-state index contributed by atoms with van der Waals surface area (Å²) in [5, 5.41) is 5.01. The van der Waals surface area contributed by atoms with Crippen LogP contribution >= 0.6 is 11.8 Å². The summed E-state index contributed by atoms with van der Waals surface area (Å²) in [5.41, 5.74) is -0.151. The van der Waals surface area contributed by atoms with Crippen LogP contribution in [0, 0.1) is 0 Å². The maximum atomic E-state index is 12.9. The standard InChI is InChI=1S/C16H15F3N2OS/c1-23-13-8-6-12(7-9-13)21-15(22)20-10-11-4-2-3-5-14(11)16(17,18)19/h2-9H,10H2,1H3,(H2,20,21,22). The van der Waals surface area contributed by atoms with Gasteiger partial charge in [-0.05, 0) is 42.2 Å². The number of alkyl halides is 3. The van der Waals surface area contributed by atoms with Crippen molar-refractivity contribution in [3.8, 4) is 0 Å². The van der Waals surface area contributed by atoms with E-state index in [-0.39, 0.29) is 12.1 Å². The van der Waals surface area contributed by atoms with Crippen molar-refractivity contribution in [2.45, 2.75) is 17.6 Å². The fourth-order valence-electron chi connectivity index (χ4n) is 1.98. The van der Waals surface area contributed by atoms with E-state index in [4.69, 9.17) is 0 Å². The number of halogens is 3. The second-order valence-corrected chi connectivity index (χ2v) is 5.57. The van der Waals surface area contributed by atoms with Gasteiger partial charge in [-0.25, -0.2) is 4.79 Å². The number of nitrogens with one attached hydrogen (secondary N) is 2. The van der Waals surface area contributed by atoms with Gasteiger partial charge in [0.1, 0.15) is 0 Å². The molecule has 0 aliphatic rings. The first-order valence-corrected chi connectivity index (χ1v) is 7.96. The van der Waals surface area contributed by atoms with E-state index in [1.165, 1.54) is 18.2 Å². The van der Waals surface area contributed by atoms with Gasteiger partial charge in [-0.1, -0.05) is 18.2 Å². The van der Waals surface area contributed by atoms with Crippen LogP contribution in [-0.2, 0) is 12.7 Å². The van der Waals surface area contributed by atoms with Crippen molar-refractivity contribution in [1.29, 1.82) is 0 Å². The van der Waals surface area contributed by atoms with E-state index < -0.39 is 17.8 Å².